The summed E-state index contributed by atoms with van der Waals surface area (Å²) in [6, 6.07) is 13.3. The third kappa shape index (κ3) is 5.62. The van der Waals surface area contributed by atoms with Gasteiger partial charge in [0, 0.05) is 59.3 Å². The molecule has 1 saturated heterocycles. The first kappa shape index (κ1) is 27.0. The molecule has 4 aromatic rings. The SMILES string of the molecule is CC.CSc1cc(-c2cnn3cc(-c4ccc(N5C(C)CNCC5C)cc4)cnc23)cc(C(F)(F)F)c1. The van der Waals surface area contributed by atoms with Crippen LogP contribution in [0.25, 0.3) is 27.9 Å². The first-order chi connectivity index (χ1) is 17.7. The standard InChI is InChI=1S/C26H26F3N5S.C2H6/c1-16-11-30-12-17(2)34(16)22-6-4-18(5-7-22)20-13-31-25-24(14-32-33(25)15-20)19-8-21(26(27,28)29)10-23(9-19)35-3;1-2/h4-10,13-17,30H,11-12H2,1-3H3;1-2H3. The Kier molecular flexibility index (Phi) is 8.14. The van der Waals surface area contributed by atoms with Crippen molar-refractivity contribution in [3.63, 3.8) is 0 Å². The van der Waals surface area contributed by atoms with Crippen molar-refractivity contribution in [2.45, 2.75) is 50.9 Å². The second-order valence-electron chi connectivity index (χ2n) is 8.93. The Bertz CT molecular complexity index is 1340. The number of piperazine rings is 1. The summed E-state index contributed by atoms with van der Waals surface area (Å²) >= 11 is 1.27. The van der Waals surface area contributed by atoms with Gasteiger partial charge < -0.3 is 10.2 Å². The Morgan fingerprint density at radius 1 is 0.919 bits per heavy atom. The van der Waals surface area contributed by atoms with Gasteiger partial charge in [0.05, 0.1) is 11.8 Å². The van der Waals surface area contributed by atoms with Crippen molar-refractivity contribution in [3.05, 3.63) is 66.6 Å². The van der Waals surface area contributed by atoms with Gasteiger partial charge in [-0.2, -0.15) is 18.3 Å². The van der Waals surface area contributed by atoms with Crippen LogP contribution in [0.2, 0.25) is 0 Å². The van der Waals surface area contributed by atoms with Gasteiger partial charge in [-0.3, -0.25) is 0 Å². The van der Waals surface area contributed by atoms with Gasteiger partial charge in [-0.05, 0) is 61.6 Å². The van der Waals surface area contributed by atoms with E-state index < -0.39 is 11.7 Å². The Labute approximate surface area is 220 Å². The van der Waals surface area contributed by atoms with Crippen LogP contribution in [0.5, 0.6) is 0 Å². The maximum atomic E-state index is 13.4. The van der Waals surface area contributed by atoms with Crippen molar-refractivity contribution in [3.8, 4) is 22.3 Å². The van der Waals surface area contributed by atoms with E-state index >= 15 is 0 Å². The molecule has 1 N–H and O–H groups in total. The third-order valence-corrected chi connectivity index (χ3v) is 7.17. The van der Waals surface area contributed by atoms with Crippen LogP contribution in [0.3, 0.4) is 0 Å². The van der Waals surface area contributed by atoms with E-state index in [-0.39, 0.29) is 0 Å². The lowest BCUT2D eigenvalue weighted by Crippen LogP contribution is -2.55. The van der Waals surface area contributed by atoms with E-state index in [9.17, 15) is 13.2 Å². The largest absolute Gasteiger partial charge is 0.416 e. The van der Waals surface area contributed by atoms with Crippen molar-refractivity contribution in [2.75, 3.05) is 24.2 Å². The van der Waals surface area contributed by atoms with E-state index in [4.69, 9.17) is 0 Å². The molecule has 0 bridgehead atoms. The van der Waals surface area contributed by atoms with Gasteiger partial charge in [-0.1, -0.05) is 26.0 Å². The van der Waals surface area contributed by atoms with E-state index in [1.807, 2.05) is 20.0 Å². The molecule has 0 saturated carbocycles. The molecule has 2 aromatic carbocycles. The molecule has 196 valence electrons. The van der Waals surface area contributed by atoms with Gasteiger partial charge in [0.25, 0.3) is 0 Å². The summed E-state index contributed by atoms with van der Waals surface area (Å²) in [5.41, 5.74) is 3.91. The van der Waals surface area contributed by atoms with Gasteiger partial charge in [-0.15, -0.1) is 11.8 Å². The Morgan fingerprint density at radius 3 is 2.22 bits per heavy atom. The van der Waals surface area contributed by atoms with Crippen LogP contribution in [0, 0.1) is 0 Å². The first-order valence-electron chi connectivity index (χ1n) is 12.4. The molecular formula is C28H32F3N5S. The zero-order valence-corrected chi connectivity index (χ0v) is 22.5. The molecule has 1 aliphatic rings. The number of hydrogen-bond acceptors (Lipinski definition) is 5. The van der Waals surface area contributed by atoms with Crippen molar-refractivity contribution in [2.24, 2.45) is 0 Å². The predicted octanol–water partition coefficient (Wildman–Crippen LogP) is 7.02. The van der Waals surface area contributed by atoms with Crippen LogP contribution in [0.15, 0.2) is 66.0 Å². The number of benzene rings is 2. The molecule has 1 aliphatic heterocycles. The average molecular weight is 528 g/mol. The molecule has 0 aliphatic carbocycles. The minimum Gasteiger partial charge on any atom is -0.364 e. The maximum absolute atomic E-state index is 13.4. The topological polar surface area (TPSA) is 45.5 Å². The van der Waals surface area contributed by atoms with Crippen molar-refractivity contribution >= 4 is 23.1 Å². The molecule has 2 atom stereocenters. The summed E-state index contributed by atoms with van der Waals surface area (Å²) < 4.78 is 41.9. The molecule has 3 heterocycles. The number of hydrogen-bond donors (Lipinski definition) is 1. The van der Waals surface area contributed by atoms with Gasteiger partial charge in [0.2, 0.25) is 0 Å². The van der Waals surface area contributed by atoms with Crippen LogP contribution in [-0.4, -0.2) is 46.0 Å². The number of fused-ring (bicyclic) bond motifs is 1. The molecule has 0 spiro atoms. The predicted molar refractivity (Wildman–Crippen MR) is 146 cm³/mol. The molecule has 0 amide bonds. The summed E-state index contributed by atoms with van der Waals surface area (Å²) in [7, 11) is 0. The first-order valence-corrected chi connectivity index (χ1v) is 13.7. The Hall–Kier alpha value is -3.04. The quantitative estimate of drug-likeness (QED) is 0.289. The highest BCUT2D eigenvalue weighted by Crippen LogP contribution is 2.36. The van der Waals surface area contributed by atoms with Crippen LogP contribution < -0.4 is 10.2 Å². The second-order valence-corrected chi connectivity index (χ2v) is 9.81. The lowest BCUT2D eigenvalue weighted by atomic mass is 10.0. The summed E-state index contributed by atoms with van der Waals surface area (Å²) in [4.78, 5) is 7.54. The van der Waals surface area contributed by atoms with Gasteiger partial charge in [-0.25, -0.2) is 9.50 Å². The number of aromatic nitrogens is 3. The summed E-state index contributed by atoms with van der Waals surface area (Å²) in [5, 5.41) is 7.84. The fraction of sp³-hybridized carbons (Fsp3) is 0.357. The minimum atomic E-state index is -4.42. The second kappa shape index (κ2) is 11.1. The van der Waals surface area contributed by atoms with Crippen molar-refractivity contribution < 1.29 is 13.2 Å². The fourth-order valence-corrected chi connectivity index (χ4v) is 5.22. The van der Waals surface area contributed by atoms with E-state index in [2.05, 4.69) is 58.4 Å². The van der Waals surface area contributed by atoms with E-state index in [1.54, 1.807) is 29.2 Å². The number of nitrogens with one attached hydrogen (secondary N) is 1. The highest BCUT2D eigenvalue weighted by atomic mass is 32.2. The number of alkyl halides is 3. The van der Waals surface area contributed by atoms with Crippen LogP contribution in [0.4, 0.5) is 18.9 Å². The number of rotatable bonds is 4. The number of anilines is 1. The highest BCUT2D eigenvalue weighted by molar-refractivity contribution is 7.98. The molecule has 0 radical (unpaired) electrons. The Morgan fingerprint density at radius 2 is 1.59 bits per heavy atom. The lowest BCUT2D eigenvalue weighted by Gasteiger charge is -2.41. The molecule has 2 aromatic heterocycles. The van der Waals surface area contributed by atoms with Crippen molar-refractivity contribution in [1.82, 2.24) is 19.9 Å². The normalized spacial score (nSPS) is 18.0. The molecular weight excluding hydrogens is 495 g/mol. The molecule has 1 fully saturated rings. The Balaban J connectivity index is 0.00000156. The molecule has 37 heavy (non-hydrogen) atoms. The molecule has 5 nitrogen and oxygen atoms in total. The van der Waals surface area contributed by atoms with Crippen LogP contribution in [-0.2, 0) is 6.18 Å². The summed E-state index contributed by atoms with van der Waals surface area (Å²) in [5.74, 6) is 0. The van der Waals surface area contributed by atoms with Gasteiger partial charge >= 0.3 is 6.18 Å². The van der Waals surface area contributed by atoms with E-state index in [1.165, 1.54) is 17.4 Å². The molecule has 2 unspecified atom stereocenters. The van der Waals surface area contributed by atoms with Gasteiger partial charge in [0.15, 0.2) is 5.65 Å². The van der Waals surface area contributed by atoms with Gasteiger partial charge in [0.1, 0.15) is 0 Å². The summed E-state index contributed by atoms with van der Waals surface area (Å²) in [6.07, 6.45) is 2.52. The summed E-state index contributed by atoms with van der Waals surface area (Å²) in [6.45, 7) is 10.4. The zero-order chi connectivity index (χ0) is 26.7. The van der Waals surface area contributed by atoms with E-state index in [0.717, 1.165) is 36.3 Å². The number of thioether (sulfide) groups is 1. The number of nitrogens with zero attached hydrogens (tertiary/aromatic N) is 4. The lowest BCUT2D eigenvalue weighted by molar-refractivity contribution is -0.137. The van der Waals surface area contributed by atoms with Crippen LogP contribution >= 0.6 is 11.8 Å². The molecule has 9 heteroatoms. The highest BCUT2D eigenvalue weighted by Gasteiger charge is 2.31. The smallest absolute Gasteiger partial charge is 0.364 e. The van der Waals surface area contributed by atoms with Crippen molar-refractivity contribution in [1.29, 1.82) is 0 Å². The monoisotopic (exact) mass is 527 g/mol. The zero-order valence-electron chi connectivity index (χ0n) is 21.7. The van der Waals surface area contributed by atoms with E-state index in [0.29, 0.717) is 33.8 Å². The minimum absolute atomic E-state index is 0.410. The fourth-order valence-electron chi connectivity index (χ4n) is 4.73. The average Bonchev–Trinajstić information content (AvgIpc) is 3.33. The third-order valence-electron chi connectivity index (χ3n) is 6.47. The number of halogens is 3. The maximum Gasteiger partial charge on any atom is 0.416 e. The van der Waals surface area contributed by atoms with Crippen LogP contribution in [0.1, 0.15) is 33.3 Å². The molecule has 5 rings (SSSR count).